The molecular formula is C17H19BrFNO. The quantitative estimate of drug-likeness (QED) is 0.800. The summed E-state index contributed by atoms with van der Waals surface area (Å²) < 4.78 is 20.1. The van der Waals surface area contributed by atoms with Gasteiger partial charge in [-0.3, -0.25) is 0 Å². The maximum atomic E-state index is 13.3. The van der Waals surface area contributed by atoms with Crippen LogP contribution in [0.25, 0.3) is 0 Å². The Morgan fingerprint density at radius 2 is 2.00 bits per heavy atom. The first-order valence-corrected chi connectivity index (χ1v) is 7.77. The Labute approximate surface area is 133 Å². The third-order valence-corrected chi connectivity index (χ3v) is 3.79. The van der Waals surface area contributed by atoms with Crippen molar-refractivity contribution in [3.8, 4) is 5.75 Å². The van der Waals surface area contributed by atoms with E-state index in [1.165, 1.54) is 6.07 Å². The summed E-state index contributed by atoms with van der Waals surface area (Å²) in [6.07, 6.45) is 0.830. The van der Waals surface area contributed by atoms with Gasteiger partial charge in [0.2, 0.25) is 0 Å². The summed E-state index contributed by atoms with van der Waals surface area (Å²) in [5.74, 6) is 0.881. The van der Waals surface area contributed by atoms with Crippen LogP contribution < -0.4 is 10.1 Å². The van der Waals surface area contributed by atoms with Crippen molar-refractivity contribution in [3.05, 3.63) is 64.4 Å². The van der Waals surface area contributed by atoms with Gasteiger partial charge in [-0.25, -0.2) is 4.39 Å². The first-order chi connectivity index (χ1) is 10.2. The molecule has 0 aliphatic rings. The number of nitrogens with one attached hydrogen (secondary N) is 1. The summed E-state index contributed by atoms with van der Waals surface area (Å²) in [7, 11) is 1.90. The molecule has 2 nitrogen and oxygen atoms in total. The molecule has 0 saturated carbocycles. The van der Waals surface area contributed by atoms with E-state index in [1.54, 1.807) is 12.1 Å². The van der Waals surface area contributed by atoms with Gasteiger partial charge in [0.25, 0.3) is 0 Å². The summed E-state index contributed by atoms with van der Waals surface area (Å²) in [5, 5.41) is 3.16. The van der Waals surface area contributed by atoms with Gasteiger partial charge in [0.1, 0.15) is 11.6 Å². The highest BCUT2D eigenvalue weighted by atomic mass is 79.9. The fourth-order valence-corrected chi connectivity index (χ4v) is 2.65. The summed E-state index contributed by atoms with van der Waals surface area (Å²) in [5.41, 5.74) is 1.00. The van der Waals surface area contributed by atoms with Crippen molar-refractivity contribution in [2.75, 3.05) is 20.2 Å². The zero-order valence-corrected chi connectivity index (χ0v) is 13.6. The highest BCUT2D eigenvalue weighted by molar-refractivity contribution is 9.10. The van der Waals surface area contributed by atoms with E-state index in [4.69, 9.17) is 4.74 Å². The van der Waals surface area contributed by atoms with Crippen LogP contribution in [0.2, 0.25) is 0 Å². The fourth-order valence-electron chi connectivity index (χ4n) is 2.27. The highest BCUT2D eigenvalue weighted by Gasteiger charge is 2.11. The average Bonchev–Trinajstić information content (AvgIpc) is 2.46. The lowest BCUT2D eigenvalue weighted by Crippen LogP contribution is -2.19. The van der Waals surface area contributed by atoms with Crippen molar-refractivity contribution in [2.24, 2.45) is 0 Å². The monoisotopic (exact) mass is 351 g/mol. The topological polar surface area (TPSA) is 21.3 Å². The molecule has 2 rings (SSSR count). The molecule has 0 radical (unpaired) electrons. The van der Waals surface area contributed by atoms with E-state index in [9.17, 15) is 4.39 Å². The van der Waals surface area contributed by atoms with Crippen LogP contribution in [0.1, 0.15) is 17.9 Å². The number of rotatable bonds is 7. The molecule has 1 N–H and O–H groups in total. The van der Waals surface area contributed by atoms with Crippen molar-refractivity contribution in [1.29, 1.82) is 0 Å². The second-order valence-corrected chi connectivity index (χ2v) is 5.82. The molecule has 1 unspecified atom stereocenters. The standard InChI is InChI=1S/C17H19BrFNO/c1-20-12-14(13-4-2-6-16(19)10-13)8-9-21-17-7-3-5-15(18)11-17/h2-7,10-11,14,20H,8-9,12H2,1H3. The Hall–Kier alpha value is -1.39. The second-order valence-electron chi connectivity index (χ2n) is 4.90. The molecule has 112 valence electrons. The molecular weight excluding hydrogens is 333 g/mol. The zero-order chi connectivity index (χ0) is 15.1. The smallest absolute Gasteiger partial charge is 0.123 e. The van der Waals surface area contributed by atoms with Gasteiger partial charge in [-0.15, -0.1) is 0 Å². The van der Waals surface area contributed by atoms with Crippen molar-refractivity contribution < 1.29 is 9.13 Å². The van der Waals surface area contributed by atoms with Crippen LogP contribution in [0.4, 0.5) is 4.39 Å². The number of ether oxygens (including phenoxy) is 1. The molecule has 0 heterocycles. The van der Waals surface area contributed by atoms with Gasteiger partial charge < -0.3 is 10.1 Å². The predicted molar refractivity (Wildman–Crippen MR) is 87.3 cm³/mol. The SMILES string of the molecule is CNCC(CCOc1cccc(Br)c1)c1cccc(F)c1. The molecule has 0 bridgehead atoms. The summed E-state index contributed by atoms with van der Waals surface area (Å²) >= 11 is 3.42. The van der Waals surface area contributed by atoms with Crippen molar-refractivity contribution in [2.45, 2.75) is 12.3 Å². The van der Waals surface area contributed by atoms with Gasteiger partial charge in [-0.1, -0.05) is 34.1 Å². The summed E-state index contributed by atoms with van der Waals surface area (Å²) in [6.45, 7) is 1.39. The molecule has 2 aromatic rings. The Bertz CT molecular complexity index is 576. The third kappa shape index (κ3) is 5.14. The van der Waals surface area contributed by atoms with Crippen LogP contribution in [0.15, 0.2) is 53.0 Å². The number of hydrogen-bond donors (Lipinski definition) is 1. The minimum atomic E-state index is -0.193. The van der Waals surface area contributed by atoms with Crippen LogP contribution in [-0.4, -0.2) is 20.2 Å². The Morgan fingerprint density at radius 3 is 2.71 bits per heavy atom. The van der Waals surface area contributed by atoms with E-state index in [-0.39, 0.29) is 11.7 Å². The Kier molecular flexibility index (Phi) is 6.21. The first-order valence-electron chi connectivity index (χ1n) is 6.97. The average molecular weight is 352 g/mol. The molecule has 0 aliphatic heterocycles. The summed E-state index contributed by atoms with van der Waals surface area (Å²) in [4.78, 5) is 0. The maximum absolute atomic E-state index is 13.3. The van der Waals surface area contributed by atoms with E-state index in [2.05, 4.69) is 21.2 Å². The van der Waals surface area contributed by atoms with Gasteiger partial charge in [0, 0.05) is 11.0 Å². The Morgan fingerprint density at radius 1 is 1.19 bits per heavy atom. The van der Waals surface area contributed by atoms with E-state index < -0.39 is 0 Å². The maximum Gasteiger partial charge on any atom is 0.123 e. The first kappa shape index (κ1) is 16.0. The van der Waals surface area contributed by atoms with E-state index in [0.29, 0.717) is 6.61 Å². The van der Waals surface area contributed by atoms with Crippen LogP contribution in [-0.2, 0) is 0 Å². The summed E-state index contributed by atoms with van der Waals surface area (Å²) in [6, 6.07) is 14.6. The number of hydrogen-bond acceptors (Lipinski definition) is 2. The molecule has 4 heteroatoms. The third-order valence-electron chi connectivity index (χ3n) is 3.30. The van der Waals surface area contributed by atoms with Gasteiger partial charge in [-0.2, -0.15) is 0 Å². The number of benzene rings is 2. The van der Waals surface area contributed by atoms with Gasteiger partial charge >= 0.3 is 0 Å². The normalized spacial score (nSPS) is 12.1. The fraction of sp³-hybridized carbons (Fsp3) is 0.294. The van der Waals surface area contributed by atoms with Gasteiger partial charge in [-0.05, 0) is 55.3 Å². The van der Waals surface area contributed by atoms with E-state index in [1.807, 2.05) is 37.4 Å². The minimum Gasteiger partial charge on any atom is -0.494 e. The van der Waals surface area contributed by atoms with Crippen molar-refractivity contribution in [3.63, 3.8) is 0 Å². The van der Waals surface area contributed by atoms with Crippen LogP contribution in [0, 0.1) is 5.82 Å². The van der Waals surface area contributed by atoms with Crippen LogP contribution in [0.3, 0.4) is 0 Å². The lowest BCUT2D eigenvalue weighted by molar-refractivity contribution is 0.296. The molecule has 1 atom stereocenters. The van der Waals surface area contributed by atoms with Gasteiger partial charge in [0.05, 0.1) is 6.61 Å². The number of halogens is 2. The van der Waals surface area contributed by atoms with Crippen molar-refractivity contribution >= 4 is 15.9 Å². The number of likely N-dealkylation sites (N-methyl/N-ethyl adjacent to an activating group) is 1. The van der Waals surface area contributed by atoms with E-state index in [0.717, 1.165) is 28.8 Å². The molecule has 0 spiro atoms. The molecule has 0 aliphatic carbocycles. The van der Waals surface area contributed by atoms with E-state index >= 15 is 0 Å². The predicted octanol–water partition coefficient (Wildman–Crippen LogP) is 4.36. The van der Waals surface area contributed by atoms with Crippen LogP contribution in [0.5, 0.6) is 5.75 Å². The highest BCUT2D eigenvalue weighted by Crippen LogP contribution is 2.22. The molecule has 0 aromatic heterocycles. The van der Waals surface area contributed by atoms with Crippen molar-refractivity contribution in [1.82, 2.24) is 5.32 Å². The second kappa shape index (κ2) is 8.15. The molecule has 0 saturated heterocycles. The molecule has 0 amide bonds. The lowest BCUT2D eigenvalue weighted by atomic mass is 9.96. The van der Waals surface area contributed by atoms with Gasteiger partial charge in [0.15, 0.2) is 0 Å². The molecule has 0 fully saturated rings. The Balaban J connectivity index is 1.94. The molecule has 2 aromatic carbocycles. The molecule has 21 heavy (non-hydrogen) atoms. The van der Waals surface area contributed by atoms with Crippen LogP contribution >= 0.6 is 15.9 Å². The largest absolute Gasteiger partial charge is 0.494 e. The zero-order valence-electron chi connectivity index (χ0n) is 12.0. The minimum absolute atomic E-state index is 0.193. The lowest BCUT2D eigenvalue weighted by Gasteiger charge is -2.17.